The topological polar surface area (TPSA) is 84.9 Å². The van der Waals surface area contributed by atoms with Crippen molar-refractivity contribution in [2.45, 2.75) is 44.8 Å². The standard InChI is InChI=1S/C24H26N2O5/c1-16(30-24(29)21-15-17-7-3-4-8-20(17)23(28)31-21)22(27)25-18-9-11-19(12-10-18)26-13-5-2-6-14-26/h3-4,7-12,16,21H,2,5-6,13-15H2,1H3,(H,25,27)/t16-,21+/m0/s1. The molecule has 7 nitrogen and oxygen atoms in total. The van der Waals surface area contributed by atoms with Gasteiger partial charge in [-0.1, -0.05) is 18.2 Å². The summed E-state index contributed by atoms with van der Waals surface area (Å²) in [5.41, 5.74) is 2.94. The van der Waals surface area contributed by atoms with Crippen LogP contribution in [0.5, 0.6) is 0 Å². The number of carbonyl (C=O) groups is 3. The summed E-state index contributed by atoms with van der Waals surface area (Å²) >= 11 is 0. The third-order valence-corrected chi connectivity index (χ3v) is 5.67. The van der Waals surface area contributed by atoms with Crippen molar-refractivity contribution in [1.82, 2.24) is 0 Å². The van der Waals surface area contributed by atoms with Crippen LogP contribution in [0.3, 0.4) is 0 Å². The monoisotopic (exact) mass is 422 g/mol. The molecule has 0 aliphatic carbocycles. The van der Waals surface area contributed by atoms with E-state index < -0.39 is 30.1 Å². The van der Waals surface area contributed by atoms with Crippen molar-refractivity contribution in [3.05, 3.63) is 59.7 Å². The van der Waals surface area contributed by atoms with E-state index in [0.29, 0.717) is 11.3 Å². The Kier molecular flexibility index (Phi) is 6.21. The third kappa shape index (κ3) is 4.87. The molecule has 0 spiro atoms. The summed E-state index contributed by atoms with van der Waals surface area (Å²) in [7, 11) is 0. The molecule has 2 aliphatic rings. The van der Waals surface area contributed by atoms with Gasteiger partial charge in [-0.3, -0.25) is 4.79 Å². The summed E-state index contributed by atoms with van der Waals surface area (Å²) in [5, 5.41) is 2.76. The number of nitrogens with one attached hydrogen (secondary N) is 1. The lowest BCUT2D eigenvalue weighted by atomic mass is 9.99. The molecule has 4 rings (SSSR count). The van der Waals surface area contributed by atoms with E-state index in [9.17, 15) is 14.4 Å². The van der Waals surface area contributed by atoms with Crippen molar-refractivity contribution < 1.29 is 23.9 Å². The molecule has 2 aromatic carbocycles. The number of hydrogen-bond donors (Lipinski definition) is 1. The first-order valence-electron chi connectivity index (χ1n) is 10.7. The van der Waals surface area contributed by atoms with Crippen molar-refractivity contribution in [2.75, 3.05) is 23.3 Å². The van der Waals surface area contributed by atoms with Crippen LogP contribution in [0.1, 0.15) is 42.1 Å². The number of fused-ring (bicyclic) bond motifs is 1. The van der Waals surface area contributed by atoms with Crippen LogP contribution < -0.4 is 10.2 Å². The summed E-state index contributed by atoms with van der Waals surface area (Å²) in [5.74, 6) is -1.73. The molecular formula is C24H26N2O5. The molecule has 162 valence electrons. The van der Waals surface area contributed by atoms with Crippen molar-refractivity contribution in [3.8, 4) is 0 Å². The van der Waals surface area contributed by atoms with Crippen LogP contribution in [0, 0.1) is 0 Å². The van der Waals surface area contributed by atoms with Gasteiger partial charge in [0, 0.05) is 30.9 Å². The molecule has 0 radical (unpaired) electrons. The Morgan fingerprint density at radius 1 is 1.06 bits per heavy atom. The zero-order chi connectivity index (χ0) is 21.8. The third-order valence-electron chi connectivity index (χ3n) is 5.67. The van der Waals surface area contributed by atoms with Gasteiger partial charge >= 0.3 is 11.9 Å². The van der Waals surface area contributed by atoms with Gasteiger partial charge in [0.05, 0.1) is 5.56 Å². The van der Waals surface area contributed by atoms with Gasteiger partial charge in [0.2, 0.25) is 6.10 Å². The first-order chi connectivity index (χ1) is 15.0. The SMILES string of the molecule is C[C@H](OC(=O)[C@H]1Cc2ccccc2C(=O)O1)C(=O)Nc1ccc(N2CCCCC2)cc1. The molecule has 0 saturated carbocycles. The van der Waals surface area contributed by atoms with Gasteiger partial charge in [0.1, 0.15) is 0 Å². The quantitative estimate of drug-likeness (QED) is 0.744. The van der Waals surface area contributed by atoms with E-state index >= 15 is 0 Å². The molecule has 7 heteroatoms. The minimum atomic E-state index is -1.05. The smallest absolute Gasteiger partial charge is 0.348 e. The zero-order valence-electron chi connectivity index (χ0n) is 17.5. The fraction of sp³-hybridized carbons (Fsp3) is 0.375. The van der Waals surface area contributed by atoms with E-state index in [0.717, 1.165) is 24.3 Å². The molecule has 0 aromatic heterocycles. The minimum absolute atomic E-state index is 0.229. The first-order valence-corrected chi connectivity index (χ1v) is 10.7. The second-order valence-corrected chi connectivity index (χ2v) is 7.92. The number of benzene rings is 2. The summed E-state index contributed by atoms with van der Waals surface area (Å²) in [6, 6.07) is 14.6. The van der Waals surface area contributed by atoms with Gasteiger partial charge in [-0.05, 0) is 62.1 Å². The molecular weight excluding hydrogens is 396 g/mol. The summed E-state index contributed by atoms with van der Waals surface area (Å²) in [4.78, 5) is 39.4. The number of ether oxygens (including phenoxy) is 2. The van der Waals surface area contributed by atoms with Gasteiger partial charge in [0.25, 0.3) is 5.91 Å². The highest BCUT2D eigenvalue weighted by Crippen LogP contribution is 2.23. The Morgan fingerprint density at radius 2 is 1.77 bits per heavy atom. The van der Waals surface area contributed by atoms with Crippen LogP contribution in [-0.2, 0) is 25.5 Å². The fourth-order valence-corrected chi connectivity index (χ4v) is 3.92. The zero-order valence-corrected chi connectivity index (χ0v) is 17.5. The summed E-state index contributed by atoms with van der Waals surface area (Å²) in [6.45, 7) is 3.59. The van der Waals surface area contributed by atoms with E-state index in [-0.39, 0.29) is 6.42 Å². The Bertz CT molecular complexity index is 966. The lowest BCUT2D eigenvalue weighted by molar-refractivity contribution is -0.162. The van der Waals surface area contributed by atoms with E-state index in [1.807, 2.05) is 24.3 Å². The van der Waals surface area contributed by atoms with Crippen LogP contribution in [0.15, 0.2) is 48.5 Å². The number of piperidine rings is 1. The van der Waals surface area contributed by atoms with Crippen LogP contribution in [0.2, 0.25) is 0 Å². The number of hydrogen-bond acceptors (Lipinski definition) is 6. The number of cyclic esters (lactones) is 1. The molecule has 31 heavy (non-hydrogen) atoms. The maximum atomic E-state index is 12.5. The Balaban J connectivity index is 1.31. The molecule has 1 N–H and O–H groups in total. The number of rotatable bonds is 5. The normalized spacial score (nSPS) is 19.1. The number of amides is 1. The maximum absolute atomic E-state index is 12.5. The van der Waals surface area contributed by atoms with Crippen LogP contribution in [0.25, 0.3) is 0 Å². The average Bonchev–Trinajstić information content (AvgIpc) is 2.80. The summed E-state index contributed by atoms with van der Waals surface area (Å²) < 4.78 is 10.5. The second kappa shape index (κ2) is 9.20. The second-order valence-electron chi connectivity index (χ2n) is 7.92. The molecule has 2 heterocycles. The number of carbonyl (C=O) groups excluding carboxylic acids is 3. The highest BCUT2D eigenvalue weighted by atomic mass is 16.6. The van der Waals surface area contributed by atoms with Crippen molar-refractivity contribution in [1.29, 1.82) is 0 Å². The van der Waals surface area contributed by atoms with Crippen molar-refractivity contribution in [3.63, 3.8) is 0 Å². The minimum Gasteiger partial charge on any atom is -0.450 e. The van der Waals surface area contributed by atoms with E-state index in [1.165, 1.54) is 26.2 Å². The molecule has 1 fully saturated rings. The van der Waals surface area contributed by atoms with Crippen molar-refractivity contribution in [2.24, 2.45) is 0 Å². The highest BCUT2D eigenvalue weighted by Gasteiger charge is 2.33. The molecule has 0 unspecified atom stereocenters. The predicted molar refractivity (Wildman–Crippen MR) is 116 cm³/mol. The Labute approximate surface area is 181 Å². The van der Waals surface area contributed by atoms with Crippen LogP contribution in [0.4, 0.5) is 11.4 Å². The first kappa shape index (κ1) is 20.9. The maximum Gasteiger partial charge on any atom is 0.348 e. The molecule has 2 aliphatic heterocycles. The van der Waals surface area contributed by atoms with E-state index in [2.05, 4.69) is 10.2 Å². The Hall–Kier alpha value is -3.35. The largest absolute Gasteiger partial charge is 0.450 e. The van der Waals surface area contributed by atoms with E-state index in [1.54, 1.807) is 24.3 Å². The number of anilines is 2. The van der Waals surface area contributed by atoms with Gasteiger partial charge in [-0.25, -0.2) is 9.59 Å². The lowest BCUT2D eigenvalue weighted by Crippen LogP contribution is -2.39. The van der Waals surface area contributed by atoms with Gasteiger partial charge in [0.15, 0.2) is 6.10 Å². The van der Waals surface area contributed by atoms with E-state index in [4.69, 9.17) is 9.47 Å². The molecule has 2 atom stereocenters. The average molecular weight is 422 g/mol. The lowest BCUT2D eigenvalue weighted by Gasteiger charge is -2.28. The van der Waals surface area contributed by atoms with Gasteiger partial charge in [-0.2, -0.15) is 0 Å². The van der Waals surface area contributed by atoms with Gasteiger partial charge < -0.3 is 19.7 Å². The number of esters is 2. The summed E-state index contributed by atoms with van der Waals surface area (Å²) in [6.07, 6.45) is 1.82. The predicted octanol–water partition coefficient (Wildman–Crippen LogP) is 3.33. The van der Waals surface area contributed by atoms with Gasteiger partial charge in [-0.15, -0.1) is 0 Å². The number of nitrogens with zero attached hydrogens (tertiary/aromatic N) is 1. The highest BCUT2D eigenvalue weighted by molar-refractivity contribution is 5.97. The van der Waals surface area contributed by atoms with Crippen LogP contribution >= 0.6 is 0 Å². The molecule has 0 bridgehead atoms. The molecule has 1 saturated heterocycles. The molecule has 2 aromatic rings. The fourth-order valence-electron chi connectivity index (χ4n) is 3.92. The molecule has 1 amide bonds. The van der Waals surface area contributed by atoms with Crippen LogP contribution in [-0.4, -0.2) is 43.1 Å². The van der Waals surface area contributed by atoms with Crippen molar-refractivity contribution >= 4 is 29.2 Å². The Morgan fingerprint density at radius 3 is 2.52 bits per heavy atom.